The highest BCUT2D eigenvalue weighted by Crippen LogP contribution is 2.34. The van der Waals surface area contributed by atoms with Crippen LogP contribution in [0.1, 0.15) is 49.1 Å². The van der Waals surface area contributed by atoms with Crippen LogP contribution in [0.25, 0.3) is 16.9 Å². The third-order valence-corrected chi connectivity index (χ3v) is 7.12. The lowest BCUT2D eigenvalue weighted by molar-refractivity contribution is 0.354. The van der Waals surface area contributed by atoms with Crippen LogP contribution in [0.5, 0.6) is 0 Å². The molecule has 0 saturated heterocycles. The van der Waals surface area contributed by atoms with Gasteiger partial charge in [0, 0.05) is 20.8 Å². The smallest absolute Gasteiger partial charge is 0.138 e. The number of benzene rings is 1. The van der Waals surface area contributed by atoms with Crippen molar-refractivity contribution in [3.63, 3.8) is 0 Å². The van der Waals surface area contributed by atoms with E-state index in [2.05, 4.69) is 52.4 Å². The Morgan fingerprint density at radius 3 is 2.50 bits per heavy atom. The highest BCUT2D eigenvalue weighted by atomic mass is 79.9. The normalized spacial score (nSPS) is 15.7. The fourth-order valence-corrected chi connectivity index (χ4v) is 4.69. The Bertz CT molecular complexity index is 937. The van der Waals surface area contributed by atoms with Gasteiger partial charge in [0.1, 0.15) is 5.65 Å². The lowest BCUT2D eigenvalue weighted by Crippen LogP contribution is -2.12. The first-order valence-corrected chi connectivity index (χ1v) is 10.6. The van der Waals surface area contributed by atoms with E-state index in [4.69, 9.17) is 16.6 Å². The predicted molar refractivity (Wildman–Crippen MR) is 113 cm³/mol. The monoisotopic (exact) mass is 430 g/mol. The number of imidazole rings is 1. The maximum atomic E-state index is 6.11. The summed E-state index contributed by atoms with van der Waals surface area (Å²) in [4.78, 5) is 5.04. The molecule has 0 radical (unpaired) electrons. The van der Waals surface area contributed by atoms with Gasteiger partial charge in [0.05, 0.1) is 11.4 Å². The number of fused-ring (bicyclic) bond motifs is 1. The number of pyridine rings is 1. The van der Waals surface area contributed by atoms with Gasteiger partial charge < -0.3 is 0 Å². The molecule has 4 heteroatoms. The Morgan fingerprint density at radius 2 is 1.81 bits per heavy atom. The standard InChI is InChI=1S/C22H24BrClN2/c1-14-12-20-25-22(17-8-10-18(24)11-9-17)19(26(20)15(2)21(14)23)13-16-6-4-3-5-7-16/h8-12,16H,3-7,13H2,1-2H3. The molecule has 0 spiro atoms. The van der Waals surface area contributed by atoms with Gasteiger partial charge in [-0.2, -0.15) is 0 Å². The third kappa shape index (κ3) is 3.32. The summed E-state index contributed by atoms with van der Waals surface area (Å²) in [6.45, 7) is 4.32. The lowest BCUT2D eigenvalue weighted by Gasteiger charge is -2.22. The van der Waals surface area contributed by atoms with Crippen molar-refractivity contribution in [2.45, 2.75) is 52.4 Å². The molecule has 0 amide bonds. The number of nitrogens with zero attached hydrogens (tertiary/aromatic N) is 2. The maximum Gasteiger partial charge on any atom is 0.138 e. The highest BCUT2D eigenvalue weighted by molar-refractivity contribution is 9.10. The molecule has 1 fully saturated rings. The Hall–Kier alpha value is -1.32. The molecular weight excluding hydrogens is 408 g/mol. The van der Waals surface area contributed by atoms with Crippen LogP contribution < -0.4 is 0 Å². The predicted octanol–water partition coefficient (Wildman–Crippen LogP) is 7.16. The molecular formula is C22H24BrClN2. The third-order valence-electron chi connectivity index (χ3n) is 5.67. The van der Waals surface area contributed by atoms with Crippen molar-refractivity contribution in [3.8, 4) is 11.3 Å². The lowest BCUT2D eigenvalue weighted by atomic mass is 9.85. The minimum Gasteiger partial charge on any atom is -0.300 e. The van der Waals surface area contributed by atoms with E-state index < -0.39 is 0 Å². The molecule has 1 aliphatic carbocycles. The van der Waals surface area contributed by atoms with Gasteiger partial charge in [0.25, 0.3) is 0 Å². The van der Waals surface area contributed by atoms with Gasteiger partial charge >= 0.3 is 0 Å². The van der Waals surface area contributed by atoms with Crippen LogP contribution in [0.2, 0.25) is 5.02 Å². The van der Waals surface area contributed by atoms with E-state index in [9.17, 15) is 0 Å². The summed E-state index contributed by atoms with van der Waals surface area (Å²) >= 11 is 9.88. The summed E-state index contributed by atoms with van der Waals surface area (Å²) in [5.74, 6) is 0.758. The molecule has 0 N–H and O–H groups in total. The van der Waals surface area contributed by atoms with Gasteiger partial charge in [-0.15, -0.1) is 0 Å². The first-order valence-electron chi connectivity index (χ1n) is 9.47. The van der Waals surface area contributed by atoms with E-state index >= 15 is 0 Å². The maximum absolute atomic E-state index is 6.11. The molecule has 1 saturated carbocycles. The number of aryl methyl sites for hydroxylation is 2. The van der Waals surface area contributed by atoms with Crippen LogP contribution in [-0.4, -0.2) is 9.38 Å². The van der Waals surface area contributed by atoms with Gasteiger partial charge in [0.15, 0.2) is 0 Å². The van der Waals surface area contributed by atoms with E-state index in [1.165, 1.54) is 53.5 Å². The van der Waals surface area contributed by atoms with E-state index in [-0.39, 0.29) is 0 Å². The molecule has 0 aliphatic heterocycles. The number of rotatable bonds is 3. The second-order valence-corrected chi connectivity index (χ2v) is 8.77. The Morgan fingerprint density at radius 1 is 1.12 bits per heavy atom. The summed E-state index contributed by atoms with van der Waals surface area (Å²) in [7, 11) is 0. The SMILES string of the molecule is Cc1cc2nc(-c3ccc(Cl)cc3)c(CC3CCCCC3)n2c(C)c1Br. The van der Waals surface area contributed by atoms with Crippen LogP contribution in [0.3, 0.4) is 0 Å². The average molecular weight is 432 g/mol. The van der Waals surface area contributed by atoms with Gasteiger partial charge in [-0.25, -0.2) is 4.98 Å². The summed E-state index contributed by atoms with van der Waals surface area (Å²) in [6.07, 6.45) is 7.87. The largest absolute Gasteiger partial charge is 0.300 e. The minimum atomic E-state index is 0.758. The molecule has 0 bridgehead atoms. The molecule has 4 rings (SSSR count). The Balaban J connectivity index is 1.90. The van der Waals surface area contributed by atoms with Gasteiger partial charge in [-0.1, -0.05) is 55.8 Å². The van der Waals surface area contributed by atoms with Crippen molar-refractivity contribution >= 4 is 33.2 Å². The molecule has 26 heavy (non-hydrogen) atoms. The topological polar surface area (TPSA) is 17.3 Å². The molecule has 136 valence electrons. The molecule has 2 nitrogen and oxygen atoms in total. The summed E-state index contributed by atoms with van der Waals surface area (Å²) < 4.78 is 3.53. The molecule has 0 unspecified atom stereocenters. The Kier molecular flexibility index (Phi) is 5.11. The van der Waals surface area contributed by atoms with E-state index in [0.717, 1.165) is 34.3 Å². The van der Waals surface area contributed by atoms with Crippen LogP contribution in [0.4, 0.5) is 0 Å². The Labute approximate surface area is 168 Å². The molecule has 2 heterocycles. The second kappa shape index (κ2) is 7.36. The molecule has 3 aromatic rings. The molecule has 1 aromatic carbocycles. The zero-order valence-corrected chi connectivity index (χ0v) is 17.7. The van der Waals surface area contributed by atoms with Crippen LogP contribution in [0.15, 0.2) is 34.8 Å². The van der Waals surface area contributed by atoms with Crippen molar-refractivity contribution in [2.24, 2.45) is 5.92 Å². The van der Waals surface area contributed by atoms with Gasteiger partial charge in [0.2, 0.25) is 0 Å². The first-order chi connectivity index (χ1) is 12.5. The van der Waals surface area contributed by atoms with Crippen molar-refractivity contribution in [1.29, 1.82) is 0 Å². The van der Waals surface area contributed by atoms with Gasteiger partial charge in [-0.05, 0) is 65.9 Å². The zero-order valence-electron chi connectivity index (χ0n) is 15.4. The van der Waals surface area contributed by atoms with Crippen molar-refractivity contribution < 1.29 is 0 Å². The number of aromatic nitrogens is 2. The van der Waals surface area contributed by atoms with Crippen LogP contribution >= 0.6 is 27.5 Å². The minimum absolute atomic E-state index is 0.758. The molecule has 1 aliphatic rings. The van der Waals surface area contributed by atoms with Crippen molar-refractivity contribution in [2.75, 3.05) is 0 Å². The zero-order chi connectivity index (χ0) is 18.3. The molecule has 0 atom stereocenters. The summed E-state index contributed by atoms with van der Waals surface area (Å²) in [6, 6.07) is 10.3. The fraction of sp³-hybridized carbons (Fsp3) is 0.409. The number of hydrogen-bond donors (Lipinski definition) is 0. The van der Waals surface area contributed by atoms with E-state index in [0.29, 0.717) is 0 Å². The van der Waals surface area contributed by atoms with Gasteiger partial charge in [-0.3, -0.25) is 4.40 Å². The van der Waals surface area contributed by atoms with Crippen molar-refractivity contribution in [1.82, 2.24) is 9.38 Å². The fourth-order valence-electron chi connectivity index (χ4n) is 4.28. The average Bonchev–Trinajstić information content (AvgIpc) is 2.99. The second-order valence-electron chi connectivity index (χ2n) is 7.54. The van der Waals surface area contributed by atoms with E-state index in [1.54, 1.807) is 0 Å². The quantitative estimate of drug-likeness (QED) is 0.430. The molecule has 2 aromatic heterocycles. The van der Waals surface area contributed by atoms with Crippen molar-refractivity contribution in [3.05, 3.63) is 56.8 Å². The number of halogens is 2. The summed E-state index contributed by atoms with van der Waals surface area (Å²) in [5.41, 5.74) is 7.10. The summed E-state index contributed by atoms with van der Waals surface area (Å²) in [5, 5.41) is 0.765. The number of hydrogen-bond acceptors (Lipinski definition) is 1. The van der Waals surface area contributed by atoms with E-state index in [1.807, 2.05) is 12.1 Å². The van der Waals surface area contributed by atoms with Crippen LogP contribution in [-0.2, 0) is 6.42 Å². The highest BCUT2D eigenvalue weighted by Gasteiger charge is 2.22. The van der Waals surface area contributed by atoms with Crippen LogP contribution in [0, 0.1) is 19.8 Å². The first kappa shape index (κ1) is 18.1.